The van der Waals surface area contributed by atoms with E-state index in [2.05, 4.69) is 17.6 Å². The van der Waals surface area contributed by atoms with Gasteiger partial charge in [-0.25, -0.2) is 0 Å². The van der Waals surface area contributed by atoms with Crippen molar-refractivity contribution >= 4 is 11.7 Å². The Hall–Kier alpha value is -1.68. The fourth-order valence-electron chi connectivity index (χ4n) is 2.23. The molecule has 0 spiro atoms. The van der Waals surface area contributed by atoms with Crippen molar-refractivity contribution in [3.63, 3.8) is 0 Å². The Balaban J connectivity index is -0.000000347. The highest BCUT2D eigenvalue weighted by molar-refractivity contribution is 5.89. The zero-order valence-electron chi connectivity index (χ0n) is 21.2. The van der Waals surface area contributed by atoms with E-state index in [4.69, 9.17) is 0 Å². The minimum Gasteiger partial charge on any atom is -0.345 e. The summed E-state index contributed by atoms with van der Waals surface area (Å²) >= 11 is 0. The molecule has 4 heteroatoms. The van der Waals surface area contributed by atoms with Gasteiger partial charge in [0, 0.05) is 0 Å². The van der Waals surface area contributed by atoms with E-state index < -0.39 is 0 Å². The van der Waals surface area contributed by atoms with Gasteiger partial charge >= 0.3 is 0 Å². The minimum atomic E-state index is -0.371. The van der Waals surface area contributed by atoms with Crippen molar-refractivity contribution in [2.24, 2.45) is 0 Å². The summed E-state index contributed by atoms with van der Waals surface area (Å²) in [7, 11) is 1.77. The molecular formula is C25H50N2O2. The lowest BCUT2D eigenvalue weighted by molar-refractivity contribution is -0.128. The molecule has 0 saturated carbocycles. The van der Waals surface area contributed by atoms with E-state index in [1.165, 1.54) is 6.92 Å². The minimum absolute atomic E-state index is 0.0198. The molecule has 0 radical (unpaired) electrons. The van der Waals surface area contributed by atoms with Gasteiger partial charge < -0.3 is 10.6 Å². The van der Waals surface area contributed by atoms with E-state index in [9.17, 15) is 9.59 Å². The molecule has 1 aromatic carbocycles. The number of benzene rings is 1. The van der Waals surface area contributed by atoms with E-state index in [0.717, 1.165) is 18.4 Å². The molecule has 2 atom stereocenters. The van der Waals surface area contributed by atoms with Crippen LogP contribution in [0.2, 0.25) is 0 Å². The van der Waals surface area contributed by atoms with Crippen LogP contribution >= 0.6 is 0 Å². The molecule has 0 bridgehead atoms. The predicted octanol–water partition coefficient (Wildman–Crippen LogP) is 6.19. The van der Waals surface area contributed by atoms with Crippen molar-refractivity contribution in [3.05, 3.63) is 35.9 Å². The standard InChI is InChI=1S/C17H26N2O2.4C2H6/c1-4-5-11-15(13(2)20)19-17(21)16(18-3)12-14-9-7-6-8-10-14;4*1-2/h6-10,15-16,18H,4-5,11-12H2,1-3H3,(H,19,21);4*1-2H3. The first-order valence-corrected chi connectivity index (χ1v) is 11.6. The number of nitrogens with one attached hydrogen (secondary N) is 2. The molecule has 1 aromatic rings. The Labute approximate surface area is 182 Å². The highest BCUT2D eigenvalue weighted by Crippen LogP contribution is 2.06. The Morgan fingerprint density at radius 1 is 0.862 bits per heavy atom. The molecule has 172 valence electrons. The first-order valence-electron chi connectivity index (χ1n) is 11.6. The summed E-state index contributed by atoms with van der Waals surface area (Å²) < 4.78 is 0. The van der Waals surface area contributed by atoms with Crippen molar-refractivity contribution in [2.75, 3.05) is 7.05 Å². The summed E-state index contributed by atoms with van der Waals surface area (Å²) in [5.41, 5.74) is 1.10. The molecule has 0 aliphatic carbocycles. The number of likely N-dealkylation sites (N-methyl/N-ethyl adjacent to an activating group) is 1. The fraction of sp³-hybridized carbons (Fsp3) is 0.680. The predicted molar refractivity (Wildman–Crippen MR) is 131 cm³/mol. The summed E-state index contributed by atoms with van der Waals surface area (Å²) in [6, 6.07) is 9.17. The molecule has 4 nitrogen and oxygen atoms in total. The van der Waals surface area contributed by atoms with E-state index in [-0.39, 0.29) is 23.8 Å². The number of hydrogen-bond acceptors (Lipinski definition) is 3. The lowest BCUT2D eigenvalue weighted by Crippen LogP contribution is -2.49. The molecule has 0 heterocycles. The second-order valence-electron chi connectivity index (χ2n) is 5.35. The molecule has 1 amide bonds. The second-order valence-corrected chi connectivity index (χ2v) is 5.35. The number of unbranched alkanes of at least 4 members (excludes halogenated alkanes) is 1. The third kappa shape index (κ3) is 19.4. The van der Waals surface area contributed by atoms with Crippen LogP contribution in [0.5, 0.6) is 0 Å². The van der Waals surface area contributed by atoms with Gasteiger partial charge in [-0.3, -0.25) is 9.59 Å². The van der Waals surface area contributed by atoms with Crippen molar-refractivity contribution in [3.8, 4) is 0 Å². The van der Waals surface area contributed by atoms with E-state index >= 15 is 0 Å². The zero-order valence-corrected chi connectivity index (χ0v) is 21.2. The molecule has 2 unspecified atom stereocenters. The smallest absolute Gasteiger partial charge is 0.238 e. The van der Waals surface area contributed by atoms with Gasteiger partial charge in [0.15, 0.2) is 5.78 Å². The first-order chi connectivity index (χ1) is 14.1. The number of rotatable bonds is 9. The molecule has 2 N–H and O–H groups in total. The normalized spacial score (nSPS) is 10.6. The van der Waals surface area contributed by atoms with Crippen molar-refractivity contribution < 1.29 is 9.59 Å². The molecule has 0 aromatic heterocycles. The number of Topliss-reactive ketones (excluding diaryl/α,β-unsaturated/α-hetero) is 1. The zero-order chi connectivity index (χ0) is 23.7. The number of amides is 1. The van der Waals surface area contributed by atoms with Gasteiger partial charge in [0.1, 0.15) is 0 Å². The van der Waals surface area contributed by atoms with Gasteiger partial charge in [-0.15, -0.1) is 0 Å². The molecule has 0 aliphatic heterocycles. The van der Waals surface area contributed by atoms with Gasteiger partial charge in [-0.1, -0.05) is 105 Å². The van der Waals surface area contributed by atoms with Gasteiger partial charge in [0.2, 0.25) is 5.91 Å². The maximum atomic E-state index is 12.3. The average molecular weight is 411 g/mol. The van der Waals surface area contributed by atoms with Crippen LogP contribution in [0.4, 0.5) is 0 Å². The fourth-order valence-corrected chi connectivity index (χ4v) is 2.23. The molecule has 29 heavy (non-hydrogen) atoms. The quantitative estimate of drug-likeness (QED) is 0.510. The SMILES string of the molecule is CC.CC.CC.CC.CCCCC(NC(=O)C(Cc1ccccc1)NC)C(C)=O. The summed E-state index contributed by atoms with van der Waals surface area (Å²) in [5, 5.41) is 5.90. The summed E-state index contributed by atoms with van der Waals surface area (Å²) in [6.45, 7) is 19.6. The summed E-state index contributed by atoms with van der Waals surface area (Å²) in [4.78, 5) is 24.0. The average Bonchev–Trinajstić information content (AvgIpc) is 2.80. The molecular weight excluding hydrogens is 360 g/mol. The van der Waals surface area contributed by atoms with Crippen molar-refractivity contribution in [2.45, 2.75) is 107 Å². The highest BCUT2D eigenvalue weighted by atomic mass is 16.2. The Bertz CT molecular complexity index is 447. The summed E-state index contributed by atoms with van der Waals surface area (Å²) in [5.74, 6) is -0.0935. The lowest BCUT2D eigenvalue weighted by atomic mass is 10.0. The summed E-state index contributed by atoms with van der Waals surface area (Å²) in [6.07, 6.45) is 3.27. The van der Waals surface area contributed by atoms with E-state index in [1.807, 2.05) is 85.7 Å². The van der Waals surface area contributed by atoms with Gasteiger partial charge in [0.25, 0.3) is 0 Å². The van der Waals surface area contributed by atoms with Crippen LogP contribution in [-0.2, 0) is 16.0 Å². The van der Waals surface area contributed by atoms with Crippen LogP contribution in [0.3, 0.4) is 0 Å². The monoisotopic (exact) mass is 410 g/mol. The molecule has 0 saturated heterocycles. The highest BCUT2D eigenvalue weighted by Gasteiger charge is 2.22. The van der Waals surface area contributed by atoms with Crippen LogP contribution in [0.15, 0.2) is 30.3 Å². The van der Waals surface area contributed by atoms with Crippen LogP contribution < -0.4 is 10.6 Å². The first kappa shape index (κ1) is 34.8. The number of ketones is 1. The van der Waals surface area contributed by atoms with E-state index in [1.54, 1.807) is 7.05 Å². The number of carbonyl (C=O) groups excluding carboxylic acids is 2. The molecule has 0 fully saturated rings. The molecule has 1 rings (SSSR count). The van der Waals surface area contributed by atoms with Gasteiger partial charge in [-0.2, -0.15) is 0 Å². The maximum Gasteiger partial charge on any atom is 0.238 e. The van der Waals surface area contributed by atoms with Crippen molar-refractivity contribution in [1.29, 1.82) is 0 Å². The Kier molecular flexibility index (Phi) is 34.2. The second kappa shape index (κ2) is 28.5. The van der Waals surface area contributed by atoms with Crippen LogP contribution in [0.1, 0.15) is 94.1 Å². The Morgan fingerprint density at radius 2 is 1.34 bits per heavy atom. The van der Waals surface area contributed by atoms with Gasteiger partial charge in [-0.05, 0) is 32.4 Å². The molecule has 0 aliphatic rings. The topological polar surface area (TPSA) is 58.2 Å². The van der Waals surface area contributed by atoms with Crippen LogP contribution in [0.25, 0.3) is 0 Å². The van der Waals surface area contributed by atoms with E-state index in [0.29, 0.717) is 12.8 Å². The largest absolute Gasteiger partial charge is 0.345 e. The van der Waals surface area contributed by atoms with Gasteiger partial charge in [0.05, 0.1) is 12.1 Å². The lowest BCUT2D eigenvalue weighted by Gasteiger charge is -2.21. The van der Waals surface area contributed by atoms with Crippen LogP contribution in [-0.4, -0.2) is 30.8 Å². The Morgan fingerprint density at radius 3 is 1.72 bits per heavy atom. The maximum absolute atomic E-state index is 12.3. The van der Waals surface area contributed by atoms with Crippen molar-refractivity contribution in [1.82, 2.24) is 10.6 Å². The number of hydrogen-bond donors (Lipinski definition) is 2. The number of carbonyl (C=O) groups is 2. The van der Waals surface area contributed by atoms with Crippen LogP contribution in [0, 0.1) is 0 Å². The third-order valence-electron chi connectivity index (χ3n) is 3.60. The third-order valence-corrected chi connectivity index (χ3v) is 3.60.